The standard InChI is InChI=1S/C13H18NO6P/c1-4-10-7-8-12(11(9-10)14(15)16)20-13(5-2,6-3)21(17,18)19/h4,7-9H,1,5-6H2,2-3H3,(H2,17,18,19). The lowest BCUT2D eigenvalue weighted by Gasteiger charge is -2.32. The van der Waals surface area contributed by atoms with Gasteiger partial charge in [0.15, 0.2) is 5.75 Å². The van der Waals surface area contributed by atoms with Gasteiger partial charge in [-0.15, -0.1) is 0 Å². The molecule has 0 unspecified atom stereocenters. The quantitative estimate of drug-likeness (QED) is 0.454. The maximum Gasteiger partial charge on any atom is 0.368 e. The molecule has 1 aromatic rings. The summed E-state index contributed by atoms with van der Waals surface area (Å²) in [5, 5.41) is 9.33. The molecular weight excluding hydrogens is 297 g/mol. The molecule has 0 spiro atoms. The van der Waals surface area contributed by atoms with Gasteiger partial charge in [0.1, 0.15) is 0 Å². The summed E-state index contributed by atoms with van der Waals surface area (Å²) in [6, 6.07) is 4.11. The van der Waals surface area contributed by atoms with Crippen molar-refractivity contribution in [2.75, 3.05) is 0 Å². The first-order valence-corrected chi connectivity index (χ1v) is 7.97. The minimum Gasteiger partial charge on any atom is -0.467 e. The largest absolute Gasteiger partial charge is 0.467 e. The second kappa shape index (κ2) is 6.39. The summed E-state index contributed by atoms with van der Waals surface area (Å²) in [4.78, 5) is 29.5. The van der Waals surface area contributed by atoms with E-state index < -0.39 is 17.9 Å². The molecule has 0 aromatic heterocycles. The average Bonchev–Trinajstić information content (AvgIpc) is 2.43. The van der Waals surface area contributed by atoms with E-state index in [1.165, 1.54) is 24.3 Å². The Kier molecular flexibility index (Phi) is 5.28. The summed E-state index contributed by atoms with van der Waals surface area (Å²) in [5.74, 6) is -0.169. The Morgan fingerprint density at radius 3 is 2.38 bits per heavy atom. The van der Waals surface area contributed by atoms with Gasteiger partial charge in [-0.2, -0.15) is 0 Å². The van der Waals surface area contributed by atoms with E-state index in [9.17, 15) is 24.5 Å². The number of rotatable bonds is 7. The van der Waals surface area contributed by atoms with Crippen LogP contribution >= 0.6 is 7.60 Å². The van der Waals surface area contributed by atoms with Gasteiger partial charge in [0.05, 0.1) is 4.92 Å². The molecular formula is C13H18NO6P. The molecule has 0 amide bonds. The Morgan fingerprint density at radius 1 is 1.43 bits per heavy atom. The Labute approximate surface area is 122 Å². The van der Waals surface area contributed by atoms with E-state index in [0.717, 1.165) is 0 Å². The van der Waals surface area contributed by atoms with Gasteiger partial charge < -0.3 is 14.5 Å². The van der Waals surface area contributed by atoms with Crippen molar-refractivity contribution in [3.05, 3.63) is 40.5 Å². The third-order valence-electron chi connectivity index (χ3n) is 3.35. The molecule has 2 N–H and O–H groups in total. The minimum atomic E-state index is -4.61. The zero-order valence-corrected chi connectivity index (χ0v) is 12.7. The summed E-state index contributed by atoms with van der Waals surface area (Å²) < 4.78 is 17.1. The molecule has 0 aliphatic rings. The van der Waals surface area contributed by atoms with Crippen LogP contribution < -0.4 is 4.74 Å². The third kappa shape index (κ3) is 3.50. The maximum atomic E-state index is 11.7. The topological polar surface area (TPSA) is 110 Å². The van der Waals surface area contributed by atoms with Crippen LogP contribution in [0.2, 0.25) is 0 Å². The first-order valence-electron chi connectivity index (χ1n) is 6.36. The second-order valence-corrected chi connectivity index (χ2v) is 6.39. The monoisotopic (exact) mass is 315 g/mol. The van der Waals surface area contributed by atoms with Crippen molar-refractivity contribution < 1.29 is 24.0 Å². The van der Waals surface area contributed by atoms with Crippen LogP contribution in [0.15, 0.2) is 24.8 Å². The van der Waals surface area contributed by atoms with Gasteiger partial charge in [0, 0.05) is 6.07 Å². The predicted octanol–water partition coefficient (Wildman–Crippen LogP) is 3.31. The van der Waals surface area contributed by atoms with E-state index in [-0.39, 0.29) is 24.3 Å². The molecule has 0 aliphatic heterocycles. The number of nitro benzene ring substituents is 1. The fraction of sp³-hybridized carbons (Fsp3) is 0.385. The van der Waals surface area contributed by atoms with E-state index in [1.54, 1.807) is 13.8 Å². The second-order valence-electron chi connectivity index (χ2n) is 4.49. The molecule has 0 bridgehead atoms. The molecule has 7 nitrogen and oxygen atoms in total. The average molecular weight is 315 g/mol. The van der Waals surface area contributed by atoms with E-state index in [4.69, 9.17) is 4.74 Å². The minimum absolute atomic E-state index is 0.0220. The smallest absolute Gasteiger partial charge is 0.368 e. The number of nitrogens with zero attached hydrogens (tertiary/aromatic N) is 1. The molecule has 0 atom stereocenters. The number of nitro groups is 1. The molecule has 0 fully saturated rings. The number of benzene rings is 1. The van der Waals surface area contributed by atoms with Crippen molar-refractivity contribution in [2.24, 2.45) is 0 Å². The van der Waals surface area contributed by atoms with E-state index in [2.05, 4.69) is 6.58 Å². The van der Waals surface area contributed by atoms with Crippen LogP contribution in [-0.2, 0) is 4.57 Å². The Balaban J connectivity index is 3.37. The third-order valence-corrected chi connectivity index (χ3v) is 5.14. The zero-order chi connectivity index (χ0) is 16.3. The van der Waals surface area contributed by atoms with Crippen LogP contribution in [-0.4, -0.2) is 20.1 Å². The molecule has 0 aliphatic carbocycles. The summed E-state index contributed by atoms with van der Waals surface area (Å²) >= 11 is 0. The van der Waals surface area contributed by atoms with E-state index >= 15 is 0 Å². The molecule has 0 radical (unpaired) electrons. The van der Waals surface area contributed by atoms with Crippen LogP contribution in [0.4, 0.5) is 5.69 Å². The number of hydrogen-bond acceptors (Lipinski definition) is 4. The molecule has 0 saturated heterocycles. The van der Waals surface area contributed by atoms with E-state index in [1.807, 2.05) is 0 Å². The zero-order valence-electron chi connectivity index (χ0n) is 11.9. The Hall–Kier alpha value is -1.69. The molecule has 0 saturated carbocycles. The lowest BCUT2D eigenvalue weighted by Crippen LogP contribution is -2.34. The van der Waals surface area contributed by atoms with Crippen molar-refractivity contribution in [1.82, 2.24) is 0 Å². The number of hydrogen-bond donors (Lipinski definition) is 2. The lowest BCUT2D eigenvalue weighted by molar-refractivity contribution is -0.386. The van der Waals surface area contributed by atoms with Crippen LogP contribution in [0, 0.1) is 10.1 Å². The first-order chi connectivity index (χ1) is 9.70. The van der Waals surface area contributed by atoms with Crippen molar-refractivity contribution in [1.29, 1.82) is 0 Å². The van der Waals surface area contributed by atoms with Crippen LogP contribution in [0.1, 0.15) is 32.3 Å². The SMILES string of the molecule is C=Cc1ccc(OC(CC)(CC)P(=O)(O)O)c([N+](=O)[O-])c1. The van der Waals surface area contributed by atoms with Crippen molar-refractivity contribution >= 4 is 19.4 Å². The highest BCUT2D eigenvalue weighted by molar-refractivity contribution is 7.53. The summed E-state index contributed by atoms with van der Waals surface area (Å²) in [5.41, 5.74) is 0.163. The van der Waals surface area contributed by atoms with Crippen molar-refractivity contribution in [3.63, 3.8) is 0 Å². The van der Waals surface area contributed by atoms with Gasteiger partial charge in [0.2, 0.25) is 5.34 Å². The summed E-state index contributed by atoms with van der Waals surface area (Å²) in [7, 11) is -4.61. The van der Waals surface area contributed by atoms with Crippen LogP contribution in [0.25, 0.3) is 6.08 Å². The fourth-order valence-corrected chi connectivity index (χ4v) is 3.00. The predicted molar refractivity (Wildman–Crippen MR) is 79.2 cm³/mol. The van der Waals surface area contributed by atoms with Crippen molar-refractivity contribution in [2.45, 2.75) is 32.0 Å². The van der Waals surface area contributed by atoms with Crippen LogP contribution in [0.3, 0.4) is 0 Å². The van der Waals surface area contributed by atoms with Gasteiger partial charge >= 0.3 is 13.3 Å². The number of ether oxygens (including phenoxy) is 1. The molecule has 0 heterocycles. The van der Waals surface area contributed by atoms with Gasteiger partial charge in [-0.1, -0.05) is 32.6 Å². The maximum absolute atomic E-state index is 11.7. The highest BCUT2D eigenvalue weighted by Gasteiger charge is 2.47. The molecule has 1 aromatic carbocycles. The highest BCUT2D eigenvalue weighted by Crippen LogP contribution is 2.55. The first kappa shape index (κ1) is 17.4. The normalized spacial score (nSPS) is 12.0. The molecule has 8 heteroatoms. The Bertz CT molecular complexity index is 590. The van der Waals surface area contributed by atoms with Crippen LogP contribution in [0.5, 0.6) is 5.75 Å². The molecule has 21 heavy (non-hydrogen) atoms. The Morgan fingerprint density at radius 2 is 2.00 bits per heavy atom. The summed E-state index contributed by atoms with van der Waals surface area (Å²) in [6.45, 7) is 6.64. The summed E-state index contributed by atoms with van der Waals surface area (Å²) in [6.07, 6.45) is 1.48. The van der Waals surface area contributed by atoms with Gasteiger partial charge in [0.25, 0.3) is 0 Å². The molecule has 1 rings (SSSR count). The van der Waals surface area contributed by atoms with Crippen molar-refractivity contribution in [3.8, 4) is 5.75 Å². The highest BCUT2D eigenvalue weighted by atomic mass is 31.2. The van der Waals surface area contributed by atoms with Gasteiger partial charge in [-0.3, -0.25) is 14.7 Å². The lowest BCUT2D eigenvalue weighted by atomic mass is 10.1. The molecule has 116 valence electrons. The fourth-order valence-electron chi connectivity index (χ4n) is 1.96. The van der Waals surface area contributed by atoms with E-state index in [0.29, 0.717) is 5.56 Å². The van der Waals surface area contributed by atoms with Gasteiger partial charge in [-0.25, -0.2) is 0 Å². The van der Waals surface area contributed by atoms with Gasteiger partial charge in [-0.05, 0) is 24.5 Å².